The number of fused-ring (bicyclic) bond motifs is 34. The molecule has 0 bridgehead atoms. The average molecular weight is 1720 g/mol. The molecule has 0 amide bonds. The van der Waals surface area contributed by atoms with E-state index in [4.69, 9.17) is 40.8 Å². The summed E-state index contributed by atoms with van der Waals surface area (Å²) in [4.78, 5) is 22.2. The fourth-order valence-corrected chi connectivity index (χ4v) is 24.4. The SMILES string of the molecule is CC1(C)OB(c2ccc(F)cc2)OC1(C)C.Clc1nc2c(nc1-c1ccc(-n3c4c5ccccc5ccc4c4c5ccccc5c5c6ccc7ccccc7c6sc5c43)cc1)sc1ccccc12.Fc1ccc(-c2nc3c(nc2-c2ccc(-n4c5c6ccccc6ccc5c5c6ccccc6c6c7ccc8ccccc8c7sc6c54)cc2)sc2ccccc23)cc1. The number of nitrogens with zero attached hydrogens (tertiary/aromatic N) is 6. The normalized spacial score (nSPS) is 13.6. The van der Waals surface area contributed by atoms with Crippen LogP contribution < -0.4 is 5.46 Å². The Hall–Kier alpha value is -13.7. The van der Waals surface area contributed by atoms with E-state index in [9.17, 15) is 8.78 Å². The maximum Gasteiger partial charge on any atom is 0.494 e. The molecule has 16 heteroatoms. The van der Waals surface area contributed by atoms with Gasteiger partial charge in [-0.2, -0.15) is 0 Å². The van der Waals surface area contributed by atoms with Crippen molar-refractivity contribution >= 4 is 259 Å². The minimum absolute atomic E-state index is 0.250. The molecule has 1 aliphatic heterocycles. The number of aromatic nitrogens is 6. The molecule has 8 aromatic heterocycles. The number of rotatable bonds is 6. The lowest BCUT2D eigenvalue weighted by Gasteiger charge is -2.32. The molecule has 26 aromatic rings. The molecule has 0 atom stereocenters. The molecule has 1 fully saturated rings. The summed E-state index contributed by atoms with van der Waals surface area (Å²) >= 11 is 14.0. The number of hydrogen-bond acceptors (Lipinski definition) is 10. The molecule has 0 spiro atoms. The third-order valence-corrected chi connectivity index (χ3v) is 30.8. The van der Waals surface area contributed by atoms with Crippen molar-refractivity contribution in [1.29, 1.82) is 0 Å². The van der Waals surface area contributed by atoms with Crippen LogP contribution in [0.25, 0.3) is 235 Å². The molecule has 0 saturated carbocycles. The van der Waals surface area contributed by atoms with Crippen molar-refractivity contribution in [3.63, 3.8) is 0 Å². The smallest absolute Gasteiger partial charge is 0.399 e. The van der Waals surface area contributed by atoms with Crippen molar-refractivity contribution in [2.45, 2.75) is 38.9 Å². The zero-order valence-electron chi connectivity index (χ0n) is 68.2. The van der Waals surface area contributed by atoms with E-state index in [1.165, 1.54) is 173 Å². The molecule has 1 saturated heterocycles. The van der Waals surface area contributed by atoms with Crippen LogP contribution in [0.15, 0.2) is 340 Å². The average Bonchev–Trinajstić information content (AvgIpc) is 1.53. The van der Waals surface area contributed by atoms with Gasteiger partial charge in [0, 0.05) is 111 Å². The molecular weight excluding hydrogens is 1650 g/mol. The Morgan fingerprint density at radius 2 is 0.619 bits per heavy atom. The Kier molecular flexibility index (Phi) is 17.0. The Morgan fingerprint density at radius 1 is 0.286 bits per heavy atom. The molecule has 9 heterocycles. The highest BCUT2D eigenvalue weighted by Gasteiger charge is 2.51. The van der Waals surface area contributed by atoms with Gasteiger partial charge in [0.25, 0.3) is 0 Å². The van der Waals surface area contributed by atoms with E-state index in [2.05, 4.69) is 282 Å². The van der Waals surface area contributed by atoms with E-state index in [-0.39, 0.29) is 22.8 Å². The van der Waals surface area contributed by atoms with E-state index >= 15 is 0 Å². The predicted octanol–water partition coefficient (Wildman–Crippen LogP) is 31.5. The van der Waals surface area contributed by atoms with Crippen LogP contribution in [0.5, 0.6) is 0 Å². The van der Waals surface area contributed by atoms with E-state index in [0.717, 1.165) is 85.8 Å². The summed E-state index contributed by atoms with van der Waals surface area (Å²) in [7, 11) is -0.411. The molecular formula is C110H68BClF2N6O2S4. The zero-order valence-corrected chi connectivity index (χ0v) is 72.2. The van der Waals surface area contributed by atoms with Crippen molar-refractivity contribution in [2.24, 2.45) is 0 Å². The van der Waals surface area contributed by atoms with Crippen molar-refractivity contribution in [1.82, 2.24) is 29.1 Å². The second-order valence-corrected chi connectivity index (χ2v) is 38.0. The number of hydrogen-bond donors (Lipinski definition) is 0. The molecule has 598 valence electrons. The van der Waals surface area contributed by atoms with Crippen LogP contribution >= 0.6 is 56.9 Å². The van der Waals surface area contributed by atoms with Gasteiger partial charge in [-0.25, -0.2) is 28.7 Å². The van der Waals surface area contributed by atoms with Crippen LogP contribution in [0, 0.1) is 11.6 Å². The fourth-order valence-electron chi connectivity index (χ4n) is 19.3. The van der Waals surface area contributed by atoms with Gasteiger partial charge in [0.1, 0.15) is 38.0 Å². The van der Waals surface area contributed by atoms with Crippen LogP contribution in [0.4, 0.5) is 8.78 Å². The molecule has 0 radical (unpaired) electrons. The number of benzene rings is 18. The summed E-state index contributed by atoms with van der Waals surface area (Å²) in [6, 6.07) is 118. The first-order chi connectivity index (χ1) is 61.7. The van der Waals surface area contributed by atoms with Crippen molar-refractivity contribution in [3.05, 3.63) is 357 Å². The van der Waals surface area contributed by atoms with Crippen LogP contribution in [0.1, 0.15) is 27.7 Å². The van der Waals surface area contributed by atoms with Crippen molar-refractivity contribution < 1.29 is 18.1 Å². The third-order valence-electron chi connectivity index (χ3n) is 25.9. The first-order valence-corrected chi connectivity index (χ1v) is 45.7. The lowest BCUT2D eigenvalue weighted by Crippen LogP contribution is -2.41. The van der Waals surface area contributed by atoms with Gasteiger partial charge in [-0.1, -0.05) is 279 Å². The highest BCUT2D eigenvalue weighted by molar-refractivity contribution is 7.28. The van der Waals surface area contributed by atoms with Gasteiger partial charge in [-0.15, -0.1) is 45.3 Å². The molecule has 27 rings (SSSR count). The first-order valence-electron chi connectivity index (χ1n) is 42.0. The Bertz CT molecular complexity index is 9100. The molecule has 126 heavy (non-hydrogen) atoms. The van der Waals surface area contributed by atoms with E-state index in [0.29, 0.717) is 10.8 Å². The summed E-state index contributed by atoms with van der Waals surface area (Å²) < 4.78 is 51.2. The Balaban J connectivity index is 0.000000117. The van der Waals surface area contributed by atoms with Gasteiger partial charge in [0.2, 0.25) is 0 Å². The van der Waals surface area contributed by atoms with Gasteiger partial charge >= 0.3 is 7.12 Å². The molecule has 18 aromatic carbocycles. The van der Waals surface area contributed by atoms with Crippen molar-refractivity contribution in [3.8, 4) is 45.1 Å². The summed E-state index contributed by atoms with van der Waals surface area (Å²) in [6.07, 6.45) is 0. The summed E-state index contributed by atoms with van der Waals surface area (Å²) in [5.41, 5.74) is 13.8. The Morgan fingerprint density at radius 3 is 1.06 bits per heavy atom. The van der Waals surface area contributed by atoms with Crippen LogP contribution in [0.2, 0.25) is 5.15 Å². The van der Waals surface area contributed by atoms with Gasteiger partial charge in [0.15, 0.2) is 5.15 Å². The molecule has 8 nitrogen and oxygen atoms in total. The summed E-state index contributed by atoms with van der Waals surface area (Å²) in [5.74, 6) is -0.530. The maximum absolute atomic E-state index is 14.2. The highest BCUT2D eigenvalue weighted by Crippen LogP contribution is 2.54. The minimum atomic E-state index is -0.411. The standard InChI is InChI=1S/C52H28FN3S2.C46H24ClN3S2.C12H16BFO2/c53-33-23-17-31(18-24-33)45-46(55-52-47(54-45)39-15-7-8-16-42(39)57-52)32-19-25-34(26-20-32)56-48-35-11-3-1-9-29(35)21-27-40(48)43-37-13-5-6-14-38(37)44-41-28-22-30-10-2-4-12-36(30)50(41)58-51(44)49(43)56;47-45-39(49-46-40(48-45)33-15-7-8-16-36(33)51-46)27-17-21-28(22-18-27)50-41-29-11-3-1-9-25(29)19-23-34(41)37-31-13-5-6-14-32(31)38-35-24-20-26-10-2-4-12-30(26)43(35)52-44(38)42(37)50;1-11(2)12(3,4)16-13(15-11)9-5-7-10(14)8-6-9/h1-28H;1-24H;5-8H,1-4H3. The fraction of sp³-hybridized carbons (Fsp3) is 0.0545. The molecule has 1 aliphatic rings. The van der Waals surface area contributed by atoms with Gasteiger partial charge in [-0.3, -0.25) is 0 Å². The van der Waals surface area contributed by atoms with Crippen LogP contribution in [0.3, 0.4) is 0 Å². The van der Waals surface area contributed by atoms with Gasteiger partial charge < -0.3 is 18.4 Å². The molecule has 0 unspecified atom stereocenters. The van der Waals surface area contributed by atoms with Crippen LogP contribution in [-0.4, -0.2) is 47.4 Å². The molecule has 0 aliphatic carbocycles. The third kappa shape index (κ3) is 11.6. The summed E-state index contributed by atoms with van der Waals surface area (Å²) in [5, 5.41) is 27.9. The summed E-state index contributed by atoms with van der Waals surface area (Å²) in [6.45, 7) is 7.99. The van der Waals surface area contributed by atoms with E-state index in [1.807, 2.05) is 68.6 Å². The quantitative estimate of drug-likeness (QED) is 0.154. The first kappa shape index (κ1) is 74.9. The highest BCUT2D eigenvalue weighted by atomic mass is 35.5. The van der Waals surface area contributed by atoms with Crippen molar-refractivity contribution in [2.75, 3.05) is 0 Å². The van der Waals surface area contributed by atoms with Gasteiger partial charge in [-0.05, 0) is 160 Å². The maximum atomic E-state index is 14.2. The predicted molar refractivity (Wildman–Crippen MR) is 533 cm³/mol. The number of thiophene rings is 4. The monoisotopic (exact) mass is 1720 g/mol. The molecule has 0 N–H and O–H groups in total. The van der Waals surface area contributed by atoms with E-state index in [1.54, 1.807) is 46.9 Å². The minimum Gasteiger partial charge on any atom is -0.399 e. The lowest BCUT2D eigenvalue weighted by atomic mass is 9.79. The van der Waals surface area contributed by atoms with Crippen LogP contribution in [-0.2, 0) is 9.31 Å². The van der Waals surface area contributed by atoms with Gasteiger partial charge in [0.05, 0.1) is 54.1 Å². The largest absolute Gasteiger partial charge is 0.494 e. The Labute approximate surface area is 740 Å². The zero-order chi connectivity index (χ0) is 84.1. The van der Waals surface area contributed by atoms with E-state index < -0.39 is 7.12 Å². The topological polar surface area (TPSA) is 79.9 Å². The second-order valence-electron chi connectivity index (χ2n) is 33.5. The lowest BCUT2D eigenvalue weighted by molar-refractivity contribution is 0.00578. The second kappa shape index (κ2) is 28.7. The number of halogens is 3.